The molecule has 20 heavy (non-hydrogen) atoms. The molecule has 0 unspecified atom stereocenters. The first-order valence-corrected chi connectivity index (χ1v) is 7.04. The smallest absolute Gasteiger partial charge is 0.0948 e. The van der Waals surface area contributed by atoms with Gasteiger partial charge >= 0.3 is 0 Å². The molecule has 1 aromatic heterocycles. The Labute approximate surface area is 120 Å². The van der Waals surface area contributed by atoms with E-state index in [0.29, 0.717) is 0 Å². The van der Waals surface area contributed by atoms with E-state index >= 15 is 0 Å². The van der Waals surface area contributed by atoms with Crippen LogP contribution in [0, 0.1) is 6.92 Å². The van der Waals surface area contributed by atoms with Crippen molar-refractivity contribution in [1.29, 1.82) is 0 Å². The van der Waals surface area contributed by atoms with E-state index in [9.17, 15) is 0 Å². The van der Waals surface area contributed by atoms with Crippen LogP contribution in [0.1, 0.15) is 16.8 Å². The van der Waals surface area contributed by atoms with Gasteiger partial charge in [-0.2, -0.15) is 0 Å². The molecule has 0 saturated carbocycles. The standard InChI is InChI=1S/C16H23N3O/c1-14-4-3-5-15(10-14)6-8-19-13-18-12-16(19)11-17-7-9-20-2/h3-5,10,12-13,17H,6-9,11H2,1-2H3. The van der Waals surface area contributed by atoms with Crippen molar-refractivity contribution in [3.8, 4) is 0 Å². The molecule has 0 atom stereocenters. The summed E-state index contributed by atoms with van der Waals surface area (Å²) in [4.78, 5) is 4.24. The highest BCUT2D eigenvalue weighted by Crippen LogP contribution is 2.07. The molecule has 0 spiro atoms. The van der Waals surface area contributed by atoms with Crippen LogP contribution in [0.5, 0.6) is 0 Å². The van der Waals surface area contributed by atoms with Crippen LogP contribution < -0.4 is 5.32 Å². The Bertz CT molecular complexity index is 522. The normalized spacial score (nSPS) is 10.9. The Morgan fingerprint density at radius 1 is 1.35 bits per heavy atom. The lowest BCUT2D eigenvalue weighted by molar-refractivity contribution is 0.199. The molecule has 4 nitrogen and oxygen atoms in total. The number of benzene rings is 1. The van der Waals surface area contributed by atoms with Gasteiger partial charge in [-0.25, -0.2) is 4.98 Å². The van der Waals surface area contributed by atoms with Crippen LogP contribution in [0.3, 0.4) is 0 Å². The summed E-state index contributed by atoms with van der Waals surface area (Å²) in [5.41, 5.74) is 3.90. The van der Waals surface area contributed by atoms with E-state index in [1.54, 1.807) is 7.11 Å². The van der Waals surface area contributed by atoms with Gasteiger partial charge in [-0.1, -0.05) is 29.8 Å². The van der Waals surface area contributed by atoms with Crippen LogP contribution in [0.25, 0.3) is 0 Å². The van der Waals surface area contributed by atoms with Gasteiger partial charge in [0.05, 0.1) is 18.6 Å². The van der Waals surface area contributed by atoms with Crippen LogP contribution >= 0.6 is 0 Å². The minimum atomic E-state index is 0.734. The Morgan fingerprint density at radius 3 is 3.05 bits per heavy atom. The molecule has 1 N–H and O–H groups in total. The van der Waals surface area contributed by atoms with Crippen LogP contribution in [-0.2, 0) is 24.2 Å². The maximum absolute atomic E-state index is 5.02. The number of aryl methyl sites for hydroxylation is 3. The van der Waals surface area contributed by atoms with Crippen molar-refractivity contribution in [3.05, 3.63) is 53.6 Å². The molecule has 0 bridgehead atoms. The van der Waals surface area contributed by atoms with Gasteiger partial charge in [0.15, 0.2) is 0 Å². The maximum Gasteiger partial charge on any atom is 0.0948 e. The third-order valence-electron chi connectivity index (χ3n) is 3.31. The maximum atomic E-state index is 5.02. The molecular formula is C16H23N3O. The number of ether oxygens (including phenoxy) is 1. The Morgan fingerprint density at radius 2 is 2.25 bits per heavy atom. The van der Waals surface area contributed by atoms with Crippen LogP contribution in [-0.4, -0.2) is 29.8 Å². The lowest BCUT2D eigenvalue weighted by Gasteiger charge is -2.09. The summed E-state index contributed by atoms with van der Waals surface area (Å²) in [5.74, 6) is 0. The predicted octanol–water partition coefficient (Wildman–Crippen LogP) is 2.17. The molecule has 108 valence electrons. The molecule has 1 aromatic carbocycles. The molecule has 0 radical (unpaired) electrons. The second kappa shape index (κ2) is 7.82. The SMILES string of the molecule is COCCNCc1cncn1CCc1cccc(C)c1. The fourth-order valence-electron chi connectivity index (χ4n) is 2.20. The molecular weight excluding hydrogens is 250 g/mol. The number of nitrogens with zero attached hydrogens (tertiary/aromatic N) is 2. The molecule has 0 aliphatic carbocycles. The molecule has 2 aromatic rings. The quantitative estimate of drug-likeness (QED) is 0.749. The highest BCUT2D eigenvalue weighted by atomic mass is 16.5. The van der Waals surface area contributed by atoms with Crippen LogP contribution in [0.15, 0.2) is 36.8 Å². The first-order chi connectivity index (χ1) is 9.79. The third-order valence-corrected chi connectivity index (χ3v) is 3.31. The van der Waals surface area contributed by atoms with Crippen molar-refractivity contribution in [2.75, 3.05) is 20.3 Å². The van der Waals surface area contributed by atoms with E-state index in [4.69, 9.17) is 4.74 Å². The predicted molar refractivity (Wildman–Crippen MR) is 80.7 cm³/mol. The van der Waals surface area contributed by atoms with Gasteiger partial charge in [0, 0.05) is 32.9 Å². The highest BCUT2D eigenvalue weighted by Gasteiger charge is 2.02. The van der Waals surface area contributed by atoms with Gasteiger partial charge in [0.1, 0.15) is 0 Å². The largest absolute Gasteiger partial charge is 0.383 e. The number of rotatable bonds is 8. The third kappa shape index (κ3) is 4.47. The second-order valence-electron chi connectivity index (χ2n) is 4.99. The average Bonchev–Trinajstić information content (AvgIpc) is 2.89. The van der Waals surface area contributed by atoms with Gasteiger partial charge in [0.25, 0.3) is 0 Å². The number of nitrogens with one attached hydrogen (secondary N) is 1. The fraction of sp³-hybridized carbons (Fsp3) is 0.438. The average molecular weight is 273 g/mol. The van der Waals surface area contributed by atoms with E-state index in [2.05, 4.69) is 46.1 Å². The van der Waals surface area contributed by atoms with Crippen molar-refractivity contribution in [3.63, 3.8) is 0 Å². The minimum Gasteiger partial charge on any atom is -0.383 e. The molecule has 0 amide bonds. The zero-order valence-electron chi connectivity index (χ0n) is 12.3. The van der Waals surface area contributed by atoms with E-state index in [1.807, 2.05) is 12.5 Å². The summed E-state index contributed by atoms with van der Waals surface area (Å²) >= 11 is 0. The summed E-state index contributed by atoms with van der Waals surface area (Å²) in [7, 11) is 1.72. The second-order valence-corrected chi connectivity index (χ2v) is 4.99. The first kappa shape index (κ1) is 14.8. The van der Waals surface area contributed by atoms with Crippen molar-refractivity contribution < 1.29 is 4.74 Å². The van der Waals surface area contributed by atoms with Crippen LogP contribution in [0.2, 0.25) is 0 Å². The van der Waals surface area contributed by atoms with E-state index in [-0.39, 0.29) is 0 Å². The molecule has 0 aliphatic heterocycles. The zero-order chi connectivity index (χ0) is 14.2. The Balaban J connectivity index is 1.85. The fourth-order valence-corrected chi connectivity index (χ4v) is 2.20. The zero-order valence-corrected chi connectivity index (χ0v) is 12.3. The molecule has 4 heteroatoms. The molecule has 0 aliphatic rings. The van der Waals surface area contributed by atoms with Crippen molar-refractivity contribution >= 4 is 0 Å². The van der Waals surface area contributed by atoms with Gasteiger partial charge in [-0.05, 0) is 18.9 Å². The number of methoxy groups -OCH3 is 1. The Kier molecular flexibility index (Phi) is 5.77. The van der Waals surface area contributed by atoms with Gasteiger partial charge < -0.3 is 14.6 Å². The molecule has 0 fully saturated rings. The molecule has 2 rings (SSSR count). The lowest BCUT2D eigenvalue weighted by Crippen LogP contribution is -2.20. The summed E-state index contributed by atoms with van der Waals surface area (Å²) in [6, 6.07) is 8.67. The van der Waals surface area contributed by atoms with Crippen molar-refractivity contribution in [2.24, 2.45) is 0 Å². The number of hydrogen-bond donors (Lipinski definition) is 1. The summed E-state index contributed by atoms with van der Waals surface area (Å²) in [6.07, 6.45) is 4.86. The number of hydrogen-bond acceptors (Lipinski definition) is 3. The number of imidazole rings is 1. The first-order valence-electron chi connectivity index (χ1n) is 7.04. The van der Waals surface area contributed by atoms with E-state index in [0.717, 1.165) is 32.7 Å². The molecule has 1 heterocycles. The van der Waals surface area contributed by atoms with E-state index < -0.39 is 0 Å². The van der Waals surface area contributed by atoms with E-state index in [1.165, 1.54) is 16.8 Å². The summed E-state index contributed by atoms with van der Waals surface area (Å²) < 4.78 is 7.23. The van der Waals surface area contributed by atoms with Gasteiger partial charge in [-0.3, -0.25) is 0 Å². The van der Waals surface area contributed by atoms with Gasteiger partial charge in [0.2, 0.25) is 0 Å². The lowest BCUT2D eigenvalue weighted by atomic mass is 10.1. The number of aromatic nitrogens is 2. The topological polar surface area (TPSA) is 39.1 Å². The summed E-state index contributed by atoms with van der Waals surface area (Å²) in [5, 5.41) is 3.35. The minimum absolute atomic E-state index is 0.734. The molecule has 0 saturated heterocycles. The van der Waals surface area contributed by atoms with Crippen molar-refractivity contribution in [2.45, 2.75) is 26.4 Å². The Hall–Kier alpha value is -1.65. The highest BCUT2D eigenvalue weighted by molar-refractivity contribution is 5.22. The monoisotopic (exact) mass is 273 g/mol. The summed E-state index contributed by atoms with van der Waals surface area (Å²) in [6.45, 7) is 5.52. The van der Waals surface area contributed by atoms with Gasteiger partial charge in [-0.15, -0.1) is 0 Å². The van der Waals surface area contributed by atoms with Crippen LogP contribution in [0.4, 0.5) is 0 Å². The van der Waals surface area contributed by atoms with Crippen molar-refractivity contribution in [1.82, 2.24) is 14.9 Å².